The van der Waals surface area contributed by atoms with Crippen molar-refractivity contribution in [3.63, 3.8) is 0 Å². The normalized spacial score (nSPS) is 11.4. The molecule has 0 amide bonds. The number of hydrogen-bond donors (Lipinski definition) is 1. The maximum atomic E-state index is 10.9. The minimum atomic E-state index is -0.944. The van der Waals surface area contributed by atoms with Crippen molar-refractivity contribution in [1.82, 2.24) is 0 Å². The maximum Gasteiger partial charge on any atom is 0.328 e. The molecule has 1 N–H and O–H groups in total. The van der Waals surface area contributed by atoms with Crippen molar-refractivity contribution in [3.05, 3.63) is 29.3 Å². The lowest BCUT2D eigenvalue weighted by Gasteiger charge is -2.26. The molecule has 0 aliphatic heterocycles. The monoisotopic (exact) mass is 291 g/mol. The quantitative estimate of drug-likeness (QED) is 0.780. The summed E-state index contributed by atoms with van der Waals surface area (Å²) < 4.78 is 5.59. The lowest BCUT2D eigenvalue weighted by Crippen LogP contribution is -2.23. The predicted molar refractivity (Wildman–Crippen MR) is 87.2 cm³/mol. The summed E-state index contributed by atoms with van der Waals surface area (Å²) in [5.74, 6) is -0.169. The number of rotatable bonds is 7. The minimum absolute atomic E-state index is 0.695. The van der Waals surface area contributed by atoms with Gasteiger partial charge < -0.3 is 14.7 Å². The fourth-order valence-electron chi connectivity index (χ4n) is 2.63. The Morgan fingerprint density at radius 2 is 1.90 bits per heavy atom. The summed E-state index contributed by atoms with van der Waals surface area (Å²) in [6.07, 6.45) is 2.05. The molecule has 21 heavy (non-hydrogen) atoms. The molecule has 4 heteroatoms. The topological polar surface area (TPSA) is 49.8 Å². The number of hydrogen-bond acceptors (Lipinski definition) is 3. The zero-order valence-corrected chi connectivity index (χ0v) is 13.6. The van der Waals surface area contributed by atoms with Gasteiger partial charge in [0.15, 0.2) is 0 Å². The Morgan fingerprint density at radius 3 is 2.33 bits per heavy atom. The number of nitrogens with zero attached hydrogens (tertiary/aromatic N) is 1. The first-order valence-corrected chi connectivity index (χ1v) is 7.36. The fraction of sp³-hybridized carbons (Fsp3) is 0.471. The second-order valence-corrected chi connectivity index (χ2v) is 4.84. The van der Waals surface area contributed by atoms with E-state index < -0.39 is 5.97 Å². The first-order valence-electron chi connectivity index (χ1n) is 7.36. The Morgan fingerprint density at radius 1 is 1.29 bits per heavy atom. The second-order valence-electron chi connectivity index (χ2n) is 4.84. The molecule has 0 heterocycles. The van der Waals surface area contributed by atoms with Crippen LogP contribution in [0, 0.1) is 0 Å². The molecule has 116 valence electrons. The third kappa shape index (κ3) is 3.78. The highest BCUT2D eigenvalue weighted by Crippen LogP contribution is 2.36. The molecule has 0 bridgehead atoms. The van der Waals surface area contributed by atoms with Crippen LogP contribution in [-0.4, -0.2) is 31.3 Å². The van der Waals surface area contributed by atoms with Crippen LogP contribution in [0.3, 0.4) is 0 Å². The van der Waals surface area contributed by atoms with Crippen molar-refractivity contribution in [3.8, 4) is 5.75 Å². The molecule has 0 aromatic heterocycles. The molecule has 0 saturated carbocycles. The van der Waals surface area contributed by atoms with Crippen LogP contribution in [0.25, 0.3) is 5.57 Å². The van der Waals surface area contributed by atoms with Gasteiger partial charge in [0.2, 0.25) is 0 Å². The van der Waals surface area contributed by atoms with Crippen LogP contribution in [0.4, 0.5) is 5.69 Å². The summed E-state index contributed by atoms with van der Waals surface area (Å²) >= 11 is 0. The number of ether oxygens (including phenoxy) is 1. The van der Waals surface area contributed by atoms with Crippen LogP contribution >= 0.6 is 0 Å². The van der Waals surface area contributed by atoms with Crippen LogP contribution in [-0.2, 0) is 11.2 Å². The number of methoxy groups -OCH3 is 1. The summed E-state index contributed by atoms with van der Waals surface area (Å²) in [6.45, 7) is 9.98. The minimum Gasteiger partial charge on any atom is -0.496 e. The molecule has 4 nitrogen and oxygen atoms in total. The molecule has 0 spiro atoms. The van der Waals surface area contributed by atoms with Crippen molar-refractivity contribution in [2.24, 2.45) is 0 Å². The molecular formula is C17H25NO3. The van der Waals surface area contributed by atoms with E-state index in [0.29, 0.717) is 5.57 Å². The largest absolute Gasteiger partial charge is 0.496 e. The van der Waals surface area contributed by atoms with E-state index in [2.05, 4.69) is 31.7 Å². The van der Waals surface area contributed by atoms with E-state index in [1.165, 1.54) is 6.08 Å². The van der Waals surface area contributed by atoms with Crippen molar-refractivity contribution >= 4 is 17.2 Å². The van der Waals surface area contributed by atoms with Crippen molar-refractivity contribution in [1.29, 1.82) is 0 Å². The van der Waals surface area contributed by atoms with E-state index in [1.54, 1.807) is 14.0 Å². The van der Waals surface area contributed by atoms with Crippen molar-refractivity contribution in [2.45, 2.75) is 34.1 Å². The third-order valence-electron chi connectivity index (χ3n) is 3.66. The summed E-state index contributed by atoms with van der Waals surface area (Å²) in [5, 5.41) is 8.93. The molecule has 0 aliphatic carbocycles. The number of allylic oxidation sites excluding steroid dienone is 1. The van der Waals surface area contributed by atoms with E-state index in [1.807, 2.05) is 6.07 Å². The lowest BCUT2D eigenvalue weighted by atomic mass is 9.98. The van der Waals surface area contributed by atoms with Gasteiger partial charge in [0.05, 0.1) is 7.11 Å². The summed E-state index contributed by atoms with van der Waals surface area (Å²) in [7, 11) is 1.64. The second kappa shape index (κ2) is 7.72. The number of aliphatic carboxylic acids is 1. The van der Waals surface area contributed by atoms with E-state index in [-0.39, 0.29) is 0 Å². The molecule has 0 atom stereocenters. The third-order valence-corrected chi connectivity index (χ3v) is 3.66. The van der Waals surface area contributed by atoms with Gasteiger partial charge in [0.1, 0.15) is 5.75 Å². The van der Waals surface area contributed by atoms with Gasteiger partial charge in [-0.2, -0.15) is 0 Å². The molecule has 1 aromatic carbocycles. The average molecular weight is 291 g/mol. The molecular weight excluding hydrogens is 266 g/mol. The van der Waals surface area contributed by atoms with Gasteiger partial charge in [0, 0.05) is 36.0 Å². The number of anilines is 1. The van der Waals surface area contributed by atoms with Crippen LogP contribution in [0.5, 0.6) is 5.75 Å². The lowest BCUT2D eigenvalue weighted by molar-refractivity contribution is -0.131. The van der Waals surface area contributed by atoms with Gasteiger partial charge >= 0.3 is 5.97 Å². The number of benzene rings is 1. The predicted octanol–water partition coefficient (Wildman–Crippen LogP) is 3.59. The molecule has 0 radical (unpaired) electrons. The van der Waals surface area contributed by atoms with Crippen LogP contribution < -0.4 is 9.64 Å². The number of carbonyl (C=O) groups is 1. The molecule has 1 rings (SSSR count). The van der Waals surface area contributed by atoms with E-state index in [9.17, 15) is 4.79 Å². The Kier molecular flexibility index (Phi) is 6.28. The van der Waals surface area contributed by atoms with Gasteiger partial charge in [-0.15, -0.1) is 0 Å². The van der Waals surface area contributed by atoms with Crippen molar-refractivity contribution in [2.75, 3.05) is 25.1 Å². The van der Waals surface area contributed by atoms with Crippen molar-refractivity contribution < 1.29 is 14.6 Å². The molecule has 0 fully saturated rings. The maximum absolute atomic E-state index is 10.9. The van der Waals surface area contributed by atoms with Gasteiger partial charge in [-0.25, -0.2) is 4.79 Å². The summed E-state index contributed by atoms with van der Waals surface area (Å²) in [4.78, 5) is 13.2. The Balaban J connectivity index is 3.48. The summed E-state index contributed by atoms with van der Waals surface area (Å²) in [5.41, 5.74) is 3.82. The van der Waals surface area contributed by atoms with Gasteiger partial charge in [-0.05, 0) is 44.9 Å². The Bertz CT molecular complexity index is 531. The zero-order chi connectivity index (χ0) is 16.0. The highest BCUT2D eigenvalue weighted by atomic mass is 16.5. The molecule has 0 aliphatic rings. The van der Waals surface area contributed by atoms with E-state index in [0.717, 1.165) is 42.1 Å². The molecule has 1 aromatic rings. The highest BCUT2D eigenvalue weighted by Gasteiger charge is 2.17. The van der Waals surface area contributed by atoms with Gasteiger partial charge in [-0.1, -0.05) is 6.92 Å². The summed E-state index contributed by atoms with van der Waals surface area (Å²) in [6, 6.07) is 4.00. The van der Waals surface area contributed by atoms with Gasteiger partial charge in [0.25, 0.3) is 0 Å². The van der Waals surface area contributed by atoms with Crippen LogP contribution in [0.2, 0.25) is 0 Å². The van der Waals surface area contributed by atoms with E-state index >= 15 is 0 Å². The Hall–Kier alpha value is -1.97. The zero-order valence-electron chi connectivity index (χ0n) is 13.6. The fourth-order valence-corrected chi connectivity index (χ4v) is 2.63. The van der Waals surface area contributed by atoms with Crippen LogP contribution in [0.1, 0.15) is 38.8 Å². The number of carboxylic acids is 1. The van der Waals surface area contributed by atoms with Gasteiger partial charge in [-0.3, -0.25) is 0 Å². The Labute approximate surface area is 127 Å². The smallest absolute Gasteiger partial charge is 0.328 e. The molecule has 0 unspecified atom stereocenters. The highest BCUT2D eigenvalue weighted by molar-refractivity contribution is 5.91. The van der Waals surface area contributed by atoms with E-state index in [4.69, 9.17) is 9.84 Å². The first kappa shape index (κ1) is 17.1. The first-order chi connectivity index (χ1) is 9.99. The molecule has 0 saturated heterocycles. The number of carboxylic acid groups (broad SMARTS) is 1. The average Bonchev–Trinajstić information content (AvgIpc) is 2.46. The van der Waals surface area contributed by atoms with Crippen LogP contribution in [0.15, 0.2) is 18.2 Å². The standard InChI is InChI=1S/C17H25NO3/c1-6-13-15(18(7-2)8-3)10-9-14(17(13)21-5)12(4)11-16(19)20/h9-11H,6-8H2,1-5H3,(H,19,20). The SMILES string of the molecule is CCc1c(N(CC)CC)ccc(C(C)=CC(=O)O)c1OC.